The topological polar surface area (TPSA) is 34.0 Å². The predicted molar refractivity (Wildman–Crippen MR) is 113 cm³/mol. The Morgan fingerprint density at radius 1 is 0.926 bits per heavy atom. The quantitative estimate of drug-likeness (QED) is 0.521. The average Bonchev–Trinajstić information content (AvgIpc) is 2.73. The van der Waals surface area contributed by atoms with Gasteiger partial charge in [-0.3, -0.25) is 4.99 Å². The summed E-state index contributed by atoms with van der Waals surface area (Å²) in [5.74, 6) is 3.97. The van der Waals surface area contributed by atoms with E-state index in [4.69, 9.17) is 4.74 Å². The van der Waals surface area contributed by atoms with Gasteiger partial charge >= 0.3 is 0 Å². The third kappa shape index (κ3) is 5.04. The number of benzene rings is 3. The van der Waals surface area contributed by atoms with E-state index in [1.807, 2.05) is 79.9 Å². The van der Waals surface area contributed by atoms with Crippen LogP contribution in [0.15, 0.2) is 88.8 Å². The van der Waals surface area contributed by atoms with Gasteiger partial charge in [-0.25, -0.2) is 4.99 Å². The van der Waals surface area contributed by atoms with Gasteiger partial charge in [-0.1, -0.05) is 60.7 Å². The van der Waals surface area contributed by atoms with Gasteiger partial charge in [-0.15, -0.1) is 0 Å². The van der Waals surface area contributed by atoms with Gasteiger partial charge in [0.05, 0.1) is 19.3 Å². The summed E-state index contributed by atoms with van der Waals surface area (Å²) in [4.78, 5) is 9.12. The summed E-state index contributed by atoms with van der Waals surface area (Å²) in [5, 5.41) is 0. The summed E-state index contributed by atoms with van der Waals surface area (Å²) >= 11 is 0. The zero-order valence-corrected chi connectivity index (χ0v) is 15.6. The number of nitrogens with zero attached hydrogens (tertiary/aromatic N) is 2. The minimum absolute atomic E-state index is 0.545. The van der Waals surface area contributed by atoms with Gasteiger partial charge in [-0.05, 0) is 42.1 Å². The minimum Gasteiger partial charge on any atom is -0.496 e. The first-order valence-corrected chi connectivity index (χ1v) is 8.84. The van der Waals surface area contributed by atoms with Crippen molar-refractivity contribution in [2.24, 2.45) is 9.98 Å². The van der Waals surface area contributed by atoms with Crippen LogP contribution in [0.3, 0.4) is 0 Å². The number of para-hydroxylation sites is 2. The van der Waals surface area contributed by atoms with Gasteiger partial charge in [0.2, 0.25) is 0 Å². The third-order valence-corrected chi connectivity index (χ3v) is 4.17. The van der Waals surface area contributed by atoms with Crippen molar-refractivity contribution < 1.29 is 4.74 Å². The van der Waals surface area contributed by atoms with Gasteiger partial charge in [0.15, 0.2) is 0 Å². The molecule has 3 heteroatoms. The normalized spacial score (nSPS) is 10.4. The van der Waals surface area contributed by atoms with Crippen LogP contribution in [0.4, 0.5) is 5.69 Å². The predicted octanol–water partition coefficient (Wildman–Crippen LogP) is 5.72. The number of rotatable bonds is 6. The summed E-state index contributed by atoms with van der Waals surface area (Å²) in [5.41, 5.74) is 5.01. The zero-order chi connectivity index (χ0) is 18.9. The third-order valence-electron chi connectivity index (χ3n) is 4.17. The van der Waals surface area contributed by atoms with Crippen molar-refractivity contribution in [2.75, 3.05) is 7.11 Å². The Bertz CT molecular complexity index is 984. The van der Waals surface area contributed by atoms with E-state index in [2.05, 4.69) is 28.0 Å². The molecular weight excluding hydrogens is 332 g/mol. The van der Waals surface area contributed by atoms with E-state index in [9.17, 15) is 0 Å². The van der Waals surface area contributed by atoms with Crippen molar-refractivity contribution in [3.8, 4) is 5.75 Å². The lowest BCUT2D eigenvalue weighted by Gasteiger charge is -2.04. The van der Waals surface area contributed by atoms with Gasteiger partial charge < -0.3 is 4.74 Å². The van der Waals surface area contributed by atoms with Crippen LogP contribution in [0.2, 0.25) is 0 Å². The lowest BCUT2D eigenvalue weighted by atomic mass is 10.1. The minimum atomic E-state index is 0.545. The molecule has 0 radical (unpaired) electrons. The van der Waals surface area contributed by atoms with Crippen molar-refractivity contribution in [3.05, 3.63) is 95.6 Å². The SMILES string of the molecule is COc1ccccc1C=NCc1ccccc1N=C=C(C)c1ccccc1. The highest BCUT2D eigenvalue weighted by Gasteiger charge is 2.00. The molecule has 0 N–H and O–H groups in total. The van der Waals surface area contributed by atoms with Crippen LogP contribution < -0.4 is 4.74 Å². The van der Waals surface area contributed by atoms with Crippen LogP contribution >= 0.6 is 0 Å². The molecule has 0 spiro atoms. The van der Waals surface area contributed by atoms with Crippen LogP contribution in [0.25, 0.3) is 5.57 Å². The molecule has 0 unspecified atom stereocenters. The molecule has 3 aromatic carbocycles. The van der Waals surface area contributed by atoms with Crippen LogP contribution in [-0.2, 0) is 6.54 Å². The molecule has 3 aromatic rings. The number of methoxy groups -OCH3 is 1. The Morgan fingerprint density at radius 3 is 2.44 bits per heavy atom. The molecule has 0 amide bonds. The molecule has 0 aromatic heterocycles. The van der Waals surface area contributed by atoms with Gasteiger partial charge in [0, 0.05) is 17.4 Å². The van der Waals surface area contributed by atoms with E-state index in [1.165, 1.54) is 0 Å². The first kappa shape index (κ1) is 18.4. The monoisotopic (exact) mass is 354 g/mol. The molecule has 0 atom stereocenters. The van der Waals surface area contributed by atoms with E-state index in [1.54, 1.807) is 7.11 Å². The summed E-state index contributed by atoms with van der Waals surface area (Å²) in [6, 6.07) is 26.0. The maximum atomic E-state index is 5.36. The smallest absolute Gasteiger partial charge is 0.127 e. The lowest BCUT2D eigenvalue weighted by Crippen LogP contribution is -1.91. The lowest BCUT2D eigenvalue weighted by molar-refractivity contribution is 0.414. The van der Waals surface area contributed by atoms with E-state index in [0.717, 1.165) is 33.7 Å². The van der Waals surface area contributed by atoms with Gasteiger partial charge in [-0.2, -0.15) is 0 Å². The number of hydrogen-bond donors (Lipinski definition) is 0. The molecule has 0 saturated carbocycles. The Balaban J connectivity index is 1.80. The van der Waals surface area contributed by atoms with Crippen molar-refractivity contribution in [1.29, 1.82) is 0 Å². The highest BCUT2D eigenvalue weighted by atomic mass is 16.5. The molecule has 3 nitrogen and oxygen atoms in total. The van der Waals surface area contributed by atoms with E-state index >= 15 is 0 Å². The molecule has 0 aliphatic heterocycles. The summed E-state index contributed by atoms with van der Waals surface area (Å²) in [6.07, 6.45) is 1.84. The second kappa shape index (κ2) is 9.33. The molecule has 0 saturated heterocycles. The number of hydrogen-bond acceptors (Lipinski definition) is 3. The Morgan fingerprint density at radius 2 is 1.63 bits per heavy atom. The maximum absolute atomic E-state index is 5.36. The largest absolute Gasteiger partial charge is 0.496 e. The molecule has 0 fully saturated rings. The molecule has 0 heterocycles. The fourth-order valence-electron chi connectivity index (χ4n) is 2.67. The van der Waals surface area contributed by atoms with Crippen LogP contribution in [-0.4, -0.2) is 19.2 Å². The second-order valence-corrected chi connectivity index (χ2v) is 6.06. The number of aliphatic imine (C=N–C) groups is 2. The molecular formula is C24H22N2O. The van der Waals surface area contributed by atoms with Crippen LogP contribution in [0.1, 0.15) is 23.6 Å². The van der Waals surface area contributed by atoms with E-state index < -0.39 is 0 Å². The zero-order valence-electron chi connectivity index (χ0n) is 15.6. The summed E-state index contributed by atoms with van der Waals surface area (Å²) in [6.45, 7) is 2.56. The second-order valence-electron chi connectivity index (χ2n) is 6.06. The fourth-order valence-corrected chi connectivity index (χ4v) is 2.67. The fraction of sp³-hybridized carbons (Fsp3) is 0.125. The number of allylic oxidation sites excluding steroid dienone is 1. The number of ether oxygens (including phenoxy) is 1. The molecule has 0 aliphatic carbocycles. The van der Waals surface area contributed by atoms with Crippen molar-refractivity contribution in [2.45, 2.75) is 13.5 Å². The summed E-state index contributed by atoms with van der Waals surface area (Å²) < 4.78 is 5.36. The highest BCUT2D eigenvalue weighted by Crippen LogP contribution is 2.20. The Hall–Kier alpha value is -3.42. The Labute approximate surface area is 160 Å². The standard InChI is InChI=1S/C24H22N2O/c1-19(20-10-4-3-5-11-20)16-26-23-14-8-6-12-21(23)17-25-18-22-13-7-9-15-24(22)27-2/h3-15,18H,17H2,1-2H3. The van der Waals surface area contributed by atoms with Crippen LogP contribution in [0, 0.1) is 0 Å². The first-order chi connectivity index (χ1) is 13.3. The van der Waals surface area contributed by atoms with Gasteiger partial charge in [0.1, 0.15) is 5.75 Å². The molecule has 0 aliphatic rings. The van der Waals surface area contributed by atoms with Crippen molar-refractivity contribution >= 4 is 23.3 Å². The maximum Gasteiger partial charge on any atom is 0.127 e. The molecule has 27 heavy (non-hydrogen) atoms. The van der Waals surface area contributed by atoms with Crippen molar-refractivity contribution in [3.63, 3.8) is 0 Å². The Kier molecular flexibility index (Phi) is 6.35. The average molecular weight is 354 g/mol. The van der Waals surface area contributed by atoms with Gasteiger partial charge in [0.25, 0.3) is 0 Å². The van der Waals surface area contributed by atoms with Crippen LogP contribution in [0.5, 0.6) is 5.75 Å². The van der Waals surface area contributed by atoms with Crippen molar-refractivity contribution in [1.82, 2.24) is 0 Å². The first-order valence-electron chi connectivity index (χ1n) is 8.84. The van der Waals surface area contributed by atoms with E-state index in [-0.39, 0.29) is 0 Å². The summed E-state index contributed by atoms with van der Waals surface area (Å²) in [7, 11) is 1.66. The molecule has 134 valence electrons. The highest BCUT2D eigenvalue weighted by molar-refractivity contribution is 5.90. The molecule has 3 rings (SSSR count). The molecule has 0 bridgehead atoms. The van der Waals surface area contributed by atoms with E-state index in [0.29, 0.717) is 6.54 Å².